The number of carbonyl (C=O) groups excluding carboxylic acids is 5. The third-order valence-electron chi connectivity index (χ3n) is 9.52. The highest BCUT2D eigenvalue weighted by Crippen LogP contribution is 2.36. The van der Waals surface area contributed by atoms with E-state index in [0.717, 1.165) is 44.8 Å². The van der Waals surface area contributed by atoms with Crippen molar-refractivity contribution in [2.45, 2.75) is 129 Å². The van der Waals surface area contributed by atoms with E-state index < -0.39 is 68.5 Å². The molecule has 3 atom stereocenters. The third-order valence-corrected chi connectivity index (χ3v) is 10.6. The molecule has 1 unspecified atom stereocenters. The molecular weight excluding hydrogens is 586 g/mol. The number of rotatable bonds is 11. The number of ketones is 1. The minimum absolute atomic E-state index is 0.183. The highest BCUT2D eigenvalue weighted by molar-refractivity contribution is 7.90. The lowest BCUT2D eigenvalue weighted by atomic mass is 9.77. The van der Waals surface area contributed by atoms with Crippen molar-refractivity contribution < 1.29 is 32.4 Å². The highest BCUT2D eigenvalue weighted by Gasteiger charge is 2.46. The number of carbonyl (C=O) groups is 5. The summed E-state index contributed by atoms with van der Waals surface area (Å²) in [4.78, 5) is 67.4. The molecule has 12 nitrogen and oxygen atoms in total. The van der Waals surface area contributed by atoms with Crippen LogP contribution in [0.4, 0.5) is 4.79 Å². The van der Waals surface area contributed by atoms with Gasteiger partial charge in [-0.1, -0.05) is 73.1 Å². The summed E-state index contributed by atoms with van der Waals surface area (Å²) >= 11 is 0. The molecule has 0 aromatic carbocycles. The standard InChI is InChI=1S/C31H53N5O7S/c1-29(2,3)24(34-28(41)35-31(19-44(6,42)43)13-8-7-9-14-31)27(40)36-16-15-30(4,5)18-22(36)26(39)33-21(23(37)25(32)38)17-20-11-10-12-20/h20-22,24H,7-19H2,1-6H3,(H2,32,38)(H,33,39)(H2,34,35,41)/t21?,22-,24+/m0/s1. The zero-order chi connectivity index (χ0) is 33.1. The van der Waals surface area contributed by atoms with Gasteiger partial charge in [0, 0.05) is 12.8 Å². The quantitative estimate of drug-likeness (QED) is 0.250. The Labute approximate surface area is 262 Å². The lowest BCUT2D eigenvalue weighted by molar-refractivity contribution is -0.149. The number of Topliss-reactive ketones (excluding diaryl/α,β-unsaturated/α-hetero) is 1. The fraction of sp³-hybridized carbons (Fsp3) is 0.839. The van der Waals surface area contributed by atoms with Crippen molar-refractivity contribution in [1.29, 1.82) is 0 Å². The molecule has 3 aliphatic rings. The first-order chi connectivity index (χ1) is 20.2. The minimum atomic E-state index is -3.39. The van der Waals surface area contributed by atoms with E-state index in [1.165, 1.54) is 4.90 Å². The molecule has 3 rings (SSSR count). The van der Waals surface area contributed by atoms with Crippen LogP contribution in [0.15, 0.2) is 0 Å². The van der Waals surface area contributed by atoms with Crippen LogP contribution in [0.5, 0.6) is 0 Å². The van der Waals surface area contributed by atoms with Gasteiger partial charge in [-0.25, -0.2) is 13.2 Å². The Hall–Kier alpha value is -2.70. The molecule has 0 spiro atoms. The second kappa shape index (κ2) is 13.7. The molecule has 13 heteroatoms. The number of nitrogens with one attached hydrogen (secondary N) is 3. The first-order valence-electron chi connectivity index (χ1n) is 15.9. The molecule has 44 heavy (non-hydrogen) atoms. The Morgan fingerprint density at radius 1 is 0.955 bits per heavy atom. The fourth-order valence-corrected chi connectivity index (χ4v) is 8.17. The van der Waals surface area contributed by atoms with Gasteiger partial charge < -0.3 is 26.6 Å². The molecular formula is C31H53N5O7S. The van der Waals surface area contributed by atoms with E-state index in [0.29, 0.717) is 32.1 Å². The summed E-state index contributed by atoms with van der Waals surface area (Å²) in [5.74, 6) is -2.91. The van der Waals surface area contributed by atoms with Crippen LogP contribution in [0.3, 0.4) is 0 Å². The predicted molar refractivity (Wildman–Crippen MR) is 167 cm³/mol. The van der Waals surface area contributed by atoms with Gasteiger partial charge in [-0.2, -0.15) is 0 Å². The summed E-state index contributed by atoms with van der Waals surface area (Å²) < 4.78 is 24.5. The number of urea groups is 1. The van der Waals surface area contributed by atoms with Gasteiger partial charge in [-0.05, 0) is 48.9 Å². The molecule has 1 saturated heterocycles. The van der Waals surface area contributed by atoms with Gasteiger partial charge in [0.05, 0.1) is 17.3 Å². The van der Waals surface area contributed by atoms with Gasteiger partial charge in [0.1, 0.15) is 21.9 Å². The third kappa shape index (κ3) is 9.65. The zero-order valence-corrected chi connectivity index (χ0v) is 28.1. The van der Waals surface area contributed by atoms with Gasteiger partial charge >= 0.3 is 6.03 Å². The van der Waals surface area contributed by atoms with Crippen molar-refractivity contribution in [2.75, 3.05) is 18.6 Å². The largest absolute Gasteiger partial charge is 0.363 e. The van der Waals surface area contributed by atoms with Crippen molar-refractivity contribution >= 4 is 39.4 Å². The van der Waals surface area contributed by atoms with E-state index in [1.54, 1.807) is 0 Å². The Kier molecular flexibility index (Phi) is 11.2. The molecule has 5 amide bonds. The lowest BCUT2D eigenvalue weighted by Crippen LogP contribution is -2.65. The van der Waals surface area contributed by atoms with Crippen LogP contribution in [0.2, 0.25) is 0 Å². The van der Waals surface area contributed by atoms with Gasteiger partial charge in [-0.15, -0.1) is 0 Å². The van der Waals surface area contributed by atoms with Crippen LogP contribution >= 0.6 is 0 Å². The number of likely N-dealkylation sites (tertiary alicyclic amines) is 1. The number of hydrogen-bond acceptors (Lipinski definition) is 7. The minimum Gasteiger partial charge on any atom is -0.363 e. The van der Waals surface area contributed by atoms with E-state index in [2.05, 4.69) is 16.0 Å². The summed E-state index contributed by atoms with van der Waals surface area (Å²) in [6.07, 6.45) is 8.85. The Balaban J connectivity index is 1.84. The molecule has 2 saturated carbocycles. The zero-order valence-electron chi connectivity index (χ0n) is 27.3. The van der Waals surface area contributed by atoms with Gasteiger partial charge in [0.15, 0.2) is 0 Å². The number of piperidine rings is 1. The number of sulfone groups is 1. The Bertz CT molecular complexity index is 1220. The predicted octanol–water partition coefficient (Wildman–Crippen LogP) is 2.19. The number of amides is 5. The van der Waals surface area contributed by atoms with Gasteiger partial charge in [0.25, 0.3) is 5.91 Å². The first-order valence-corrected chi connectivity index (χ1v) is 18.0. The van der Waals surface area contributed by atoms with Crippen LogP contribution in [0.1, 0.15) is 105 Å². The summed E-state index contributed by atoms with van der Waals surface area (Å²) in [7, 11) is -3.39. The van der Waals surface area contributed by atoms with Gasteiger partial charge in [0.2, 0.25) is 17.6 Å². The summed E-state index contributed by atoms with van der Waals surface area (Å²) in [5.41, 5.74) is 3.35. The molecule has 1 heterocycles. The fourth-order valence-electron chi connectivity index (χ4n) is 6.80. The first kappa shape index (κ1) is 35.8. The van der Waals surface area contributed by atoms with Crippen LogP contribution in [-0.2, 0) is 29.0 Å². The molecule has 0 aromatic rings. The summed E-state index contributed by atoms with van der Waals surface area (Å²) in [5, 5.41) is 8.49. The average molecular weight is 640 g/mol. The molecule has 3 fully saturated rings. The molecule has 2 aliphatic carbocycles. The van der Waals surface area contributed by atoms with Crippen molar-refractivity contribution in [3.63, 3.8) is 0 Å². The van der Waals surface area contributed by atoms with Crippen LogP contribution < -0.4 is 21.7 Å². The monoisotopic (exact) mass is 639 g/mol. The summed E-state index contributed by atoms with van der Waals surface area (Å²) in [6.45, 7) is 9.71. The maximum atomic E-state index is 14.2. The highest BCUT2D eigenvalue weighted by atomic mass is 32.2. The lowest BCUT2D eigenvalue weighted by Gasteiger charge is -2.46. The van der Waals surface area contributed by atoms with E-state index in [1.807, 2.05) is 34.6 Å². The molecule has 0 aromatic heterocycles. The molecule has 5 N–H and O–H groups in total. The van der Waals surface area contributed by atoms with Crippen molar-refractivity contribution in [3.8, 4) is 0 Å². The molecule has 250 valence electrons. The molecule has 0 radical (unpaired) electrons. The van der Waals surface area contributed by atoms with E-state index in [4.69, 9.17) is 5.73 Å². The summed E-state index contributed by atoms with van der Waals surface area (Å²) in [6, 6.07) is -3.65. The van der Waals surface area contributed by atoms with Gasteiger partial charge in [-0.3, -0.25) is 19.2 Å². The smallest absolute Gasteiger partial charge is 0.315 e. The second-order valence-electron chi connectivity index (χ2n) is 15.3. The maximum Gasteiger partial charge on any atom is 0.315 e. The SMILES string of the molecule is CC1(C)CCN(C(=O)[C@@H](NC(=O)NC2(CS(C)(=O)=O)CCCCC2)C(C)(C)C)[C@H](C(=O)NC(CC2CCC2)C(=O)C(N)=O)C1. The topological polar surface area (TPSA) is 185 Å². The average Bonchev–Trinajstić information content (AvgIpc) is 2.85. The Morgan fingerprint density at radius 3 is 2.07 bits per heavy atom. The van der Waals surface area contributed by atoms with E-state index in [-0.39, 0.29) is 23.6 Å². The number of nitrogens with zero attached hydrogens (tertiary/aromatic N) is 1. The van der Waals surface area contributed by atoms with E-state index in [9.17, 15) is 32.4 Å². The normalized spacial score (nSPS) is 23.4. The van der Waals surface area contributed by atoms with Crippen LogP contribution in [0, 0.1) is 16.7 Å². The molecule has 1 aliphatic heterocycles. The van der Waals surface area contributed by atoms with Crippen LogP contribution in [0.25, 0.3) is 0 Å². The van der Waals surface area contributed by atoms with E-state index >= 15 is 0 Å². The number of hydrogen-bond donors (Lipinski definition) is 4. The maximum absolute atomic E-state index is 14.2. The second-order valence-corrected chi connectivity index (χ2v) is 17.4. The van der Waals surface area contributed by atoms with Crippen molar-refractivity contribution in [1.82, 2.24) is 20.9 Å². The molecule has 0 bridgehead atoms. The number of primary amides is 1. The van der Waals surface area contributed by atoms with Crippen molar-refractivity contribution in [3.05, 3.63) is 0 Å². The number of nitrogens with two attached hydrogens (primary N) is 1. The van der Waals surface area contributed by atoms with Crippen LogP contribution in [-0.4, -0.2) is 85.1 Å². The Morgan fingerprint density at radius 2 is 1.57 bits per heavy atom. The van der Waals surface area contributed by atoms with Crippen molar-refractivity contribution in [2.24, 2.45) is 22.5 Å².